The highest BCUT2D eigenvalue weighted by Crippen LogP contribution is 2.14. The van der Waals surface area contributed by atoms with Gasteiger partial charge in [-0.3, -0.25) is 4.79 Å². The van der Waals surface area contributed by atoms with E-state index >= 15 is 0 Å². The lowest BCUT2D eigenvalue weighted by molar-refractivity contribution is -0.138. The number of ketones is 1. The minimum absolute atomic E-state index is 0.174. The van der Waals surface area contributed by atoms with E-state index in [1.54, 1.807) is 24.3 Å². The van der Waals surface area contributed by atoms with Crippen molar-refractivity contribution < 1.29 is 23.9 Å². The van der Waals surface area contributed by atoms with Crippen molar-refractivity contribution in [2.24, 2.45) is 4.99 Å². The summed E-state index contributed by atoms with van der Waals surface area (Å²) in [6.07, 6.45) is 0.920. The highest BCUT2D eigenvalue weighted by atomic mass is 32.1. The van der Waals surface area contributed by atoms with E-state index in [0.717, 1.165) is 23.0 Å². The molecule has 3 rings (SSSR count). The molecule has 0 atom stereocenters. The molecule has 0 radical (unpaired) electrons. The largest absolute Gasteiger partial charge is 0.466 e. The minimum Gasteiger partial charge on any atom is -0.466 e. The summed E-state index contributed by atoms with van der Waals surface area (Å²) >= 11 is 0.987. The molecule has 1 aromatic heterocycles. The van der Waals surface area contributed by atoms with Gasteiger partial charge in [0.1, 0.15) is 0 Å². The molecule has 1 heterocycles. The Kier molecular flexibility index (Phi) is 6.88. The number of rotatable bonds is 6. The van der Waals surface area contributed by atoms with Crippen molar-refractivity contribution in [1.29, 1.82) is 0 Å². The lowest BCUT2D eigenvalue weighted by atomic mass is 10.1. The zero-order chi connectivity index (χ0) is 22.4. The molecule has 0 bridgehead atoms. The van der Waals surface area contributed by atoms with Crippen LogP contribution in [0, 0.1) is 6.92 Å². The summed E-state index contributed by atoms with van der Waals surface area (Å²) in [6.45, 7) is 1.94. The molecule has 0 aliphatic rings. The van der Waals surface area contributed by atoms with E-state index in [-0.39, 0.29) is 21.3 Å². The Morgan fingerprint density at radius 3 is 2.29 bits per heavy atom. The van der Waals surface area contributed by atoms with Crippen molar-refractivity contribution in [3.8, 4) is 5.69 Å². The third-order valence-corrected chi connectivity index (χ3v) is 5.04. The predicted molar refractivity (Wildman–Crippen MR) is 114 cm³/mol. The van der Waals surface area contributed by atoms with Crippen molar-refractivity contribution in [3.63, 3.8) is 0 Å². The minimum atomic E-state index is -0.829. The molecule has 2 aromatic carbocycles. The molecule has 0 spiro atoms. The Morgan fingerprint density at radius 1 is 1.00 bits per heavy atom. The lowest BCUT2D eigenvalue weighted by Gasteiger charge is -2.03. The number of methoxy groups -OCH3 is 2. The van der Waals surface area contributed by atoms with Gasteiger partial charge in [0.2, 0.25) is 10.6 Å². The second kappa shape index (κ2) is 9.77. The van der Waals surface area contributed by atoms with E-state index in [1.165, 1.54) is 18.9 Å². The molecule has 8 nitrogen and oxygen atoms in total. The molecule has 0 saturated carbocycles. The summed E-state index contributed by atoms with van der Waals surface area (Å²) < 4.78 is 10.7. The summed E-state index contributed by atoms with van der Waals surface area (Å²) in [5.74, 6) is -1.88. The van der Waals surface area contributed by atoms with Crippen LogP contribution in [0.5, 0.6) is 0 Å². The maximum Gasteiger partial charge on any atom is 0.357 e. The van der Waals surface area contributed by atoms with E-state index in [1.807, 2.05) is 37.3 Å². The second-order valence-corrected chi connectivity index (χ2v) is 7.24. The molecular formula is C22H19N3O5S. The lowest BCUT2D eigenvalue weighted by Crippen LogP contribution is -2.17. The maximum atomic E-state index is 12.9. The maximum absolute atomic E-state index is 12.9. The van der Waals surface area contributed by atoms with E-state index in [9.17, 15) is 14.4 Å². The van der Waals surface area contributed by atoms with Gasteiger partial charge in [0.25, 0.3) is 0 Å². The number of ether oxygens (including phenoxy) is 2. The topological polar surface area (TPSA) is 99.9 Å². The van der Waals surface area contributed by atoms with Crippen LogP contribution in [-0.2, 0) is 19.1 Å². The molecule has 158 valence electrons. The van der Waals surface area contributed by atoms with Crippen molar-refractivity contribution in [3.05, 3.63) is 87.3 Å². The van der Waals surface area contributed by atoms with Crippen LogP contribution >= 0.6 is 11.3 Å². The summed E-state index contributed by atoms with van der Waals surface area (Å²) in [4.78, 5) is 41.2. The highest BCUT2D eigenvalue weighted by Gasteiger charge is 2.18. The van der Waals surface area contributed by atoms with Crippen LogP contribution in [0.3, 0.4) is 0 Å². The summed E-state index contributed by atoms with van der Waals surface area (Å²) in [7, 11) is 2.36. The number of aryl methyl sites for hydroxylation is 1. The average molecular weight is 437 g/mol. The van der Waals surface area contributed by atoms with Gasteiger partial charge in [-0.2, -0.15) is 5.10 Å². The van der Waals surface area contributed by atoms with Crippen molar-refractivity contribution >= 4 is 29.1 Å². The molecule has 9 heteroatoms. The third-order valence-electron chi connectivity index (χ3n) is 4.14. The fourth-order valence-electron chi connectivity index (χ4n) is 2.53. The quantitative estimate of drug-likeness (QED) is 0.334. The number of benzene rings is 2. The molecule has 0 aliphatic heterocycles. The van der Waals surface area contributed by atoms with Crippen LogP contribution in [0.2, 0.25) is 0 Å². The van der Waals surface area contributed by atoms with Gasteiger partial charge in [-0.05, 0) is 19.1 Å². The van der Waals surface area contributed by atoms with Gasteiger partial charge < -0.3 is 9.47 Å². The summed E-state index contributed by atoms with van der Waals surface area (Å²) in [6, 6.07) is 16.1. The first-order valence-electron chi connectivity index (χ1n) is 9.12. The first kappa shape index (κ1) is 21.8. The van der Waals surface area contributed by atoms with Crippen molar-refractivity contribution in [2.75, 3.05) is 14.2 Å². The summed E-state index contributed by atoms with van der Waals surface area (Å²) in [5.41, 5.74) is 1.87. The normalized spacial score (nSPS) is 11.8. The van der Waals surface area contributed by atoms with Crippen LogP contribution < -0.4 is 4.80 Å². The Bertz CT molecular complexity index is 1210. The zero-order valence-electron chi connectivity index (χ0n) is 17.1. The second-order valence-electron chi connectivity index (χ2n) is 6.29. The Balaban J connectivity index is 2.20. The van der Waals surface area contributed by atoms with Crippen LogP contribution in [0.25, 0.3) is 5.69 Å². The van der Waals surface area contributed by atoms with Crippen LogP contribution in [0.1, 0.15) is 20.9 Å². The number of nitrogens with zero attached hydrogens (tertiary/aromatic N) is 3. The van der Waals surface area contributed by atoms with Gasteiger partial charge in [-0.25, -0.2) is 19.3 Å². The van der Waals surface area contributed by atoms with E-state index in [0.29, 0.717) is 11.3 Å². The van der Waals surface area contributed by atoms with Gasteiger partial charge in [0.15, 0.2) is 10.7 Å². The average Bonchev–Trinajstić information content (AvgIpc) is 3.22. The third kappa shape index (κ3) is 5.20. The number of carbonyl (C=O) groups excluding carboxylic acids is 3. The smallest absolute Gasteiger partial charge is 0.357 e. The molecule has 0 saturated heterocycles. The fraction of sp³-hybridized carbons (Fsp3) is 0.136. The van der Waals surface area contributed by atoms with Crippen LogP contribution in [-0.4, -0.2) is 41.7 Å². The molecule has 0 amide bonds. The van der Waals surface area contributed by atoms with Crippen molar-refractivity contribution in [2.45, 2.75) is 6.92 Å². The highest BCUT2D eigenvalue weighted by molar-refractivity contribution is 7.11. The fourth-order valence-corrected chi connectivity index (χ4v) is 3.41. The Morgan fingerprint density at radius 2 is 1.68 bits per heavy atom. The number of carbonyl (C=O) groups is 3. The molecular weight excluding hydrogens is 418 g/mol. The van der Waals surface area contributed by atoms with Gasteiger partial charge in [0.05, 0.1) is 26.0 Å². The standard InChI is InChI=1S/C22H19N3O5S/c1-14-9-11-16(12-10-14)25-22(23-17(21(28)30-3)13-18(26)29-2)31-20(24-25)19(27)15-7-5-4-6-8-15/h4-13H,1-3H3/b17-13-,23-22+. The first-order chi connectivity index (χ1) is 14.9. The molecule has 31 heavy (non-hydrogen) atoms. The number of esters is 2. The number of hydrogen-bond donors (Lipinski definition) is 0. The molecule has 3 aromatic rings. The van der Waals surface area contributed by atoms with Gasteiger partial charge in [-0.15, -0.1) is 0 Å². The predicted octanol–water partition coefficient (Wildman–Crippen LogP) is 2.60. The molecule has 0 unspecified atom stereocenters. The molecule has 0 N–H and O–H groups in total. The first-order valence-corrected chi connectivity index (χ1v) is 9.94. The van der Waals surface area contributed by atoms with Gasteiger partial charge in [-0.1, -0.05) is 59.4 Å². The Hall–Kier alpha value is -3.85. The van der Waals surface area contributed by atoms with Crippen LogP contribution in [0.15, 0.2) is 71.4 Å². The number of aromatic nitrogens is 2. The monoisotopic (exact) mass is 437 g/mol. The van der Waals surface area contributed by atoms with Crippen LogP contribution in [0.4, 0.5) is 0 Å². The Labute approximate surface area is 182 Å². The van der Waals surface area contributed by atoms with Crippen molar-refractivity contribution in [1.82, 2.24) is 9.78 Å². The van der Waals surface area contributed by atoms with Gasteiger partial charge >= 0.3 is 11.9 Å². The zero-order valence-corrected chi connectivity index (χ0v) is 17.9. The summed E-state index contributed by atoms with van der Waals surface area (Å²) in [5, 5.41) is 4.59. The van der Waals surface area contributed by atoms with E-state index in [2.05, 4.69) is 14.8 Å². The van der Waals surface area contributed by atoms with E-state index < -0.39 is 11.9 Å². The molecule has 0 aliphatic carbocycles. The van der Waals surface area contributed by atoms with Gasteiger partial charge in [0, 0.05) is 5.56 Å². The van der Waals surface area contributed by atoms with E-state index in [4.69, 9.17) is 4.74 Å². The molecule has 0 fully saturated rings. The SMILES string of the molecule is COC(=O)/C=C(\N=c1\sc(C(=O)c2ccccc2)nn1-c1ccc(C)cc1)C(=O)OC. The number of hydrogen-bond acceptors (Lipinski definition) is 8.